The molecule has 0 bridgehead atoms. The second kappa shape index (κ2) is 4.02. The van der Waals surface area contributed by atoms with E-state index in [-0.39, 0.29) is 17.8 Å². The number of allylic oxidation sites excluding steroid dienone is 2. The van der Waals surface area contributed by atoms with E-state index >= 15 is 0 Å². The minimum atomic E-state index is -0.805. The minimum absolute atomic E-state index is 0.0928. The van der Waals surface area contributed by atoms with Gasteiger partial charge in [0, 0.05) is 6.20 Å². The molecule has 0 radical (unpaired) electrons. The van der Waals surface area contributed by atoms with Crippen LogP contribution >= 0.6 is 0 Å². The first-order valence-electron chi connectivity index (χ1n) is 5.73. The summed E-state index contributed by atoms with van der Waals surface area (Å²) in [5.74, 6) is -0.756. The van der Waals surface area contributed by atoms with Crippen molar-refractivity contribution in [2.45, 2.75) is 26.7 Å². The van der Waals surface area contributed by atoms with Crippen molar-refractivity contribution in [2.24, 2.45) is 11.3 Å². The van der Waals surface area contributed by atoms with Crippen molar-refractivity contribution >= 4 is 11.9 Å². The monoisotopic (exact) mass is 235 g/mol. The topological polar surface area (TPSA) is 55.4 Å². The van der Waals surface area contributed by atoms with Crippen LogP contribution in [0.1, 0.15) is 26.7 Å². The summed E-state index contributed by atoms with van der Waals surface area (Å²) in [5, 5.41) is 2.67. The molecule has 1 aliphatic carbocycles. The van der Waals surface area contributed by atoms with Gasteiger partial charge in [0.05, 0.1) is 13.0 Å². The number of hydrogen-bond donors (Lipinski definition) is 1. The zero-order valence-corrected chi connectivity index (χ0v) is 10.4. The standard InChI is InChI=1S/C13H17NO3/c1-8-6-10-11(15)14-5-4-13(10,7-9(8)2)12(16)17-3/h4-5,10H,6-7H2,1-3H3,(H,14,15)/t10-,13-/m1/s1. The summed E-state index contributed by atoms with van der Waals surface area (Å²) in [5.41, 5.74) is 1.56. The first kappa shape index (κ1) is 11.9. The Balaban J connectivity index is 2.50. The number of fused-ring (bicyclic) bond motifs is 1. The Morgan fingerprint density at radius 2 is 2.18 bits per heavy atom. The third-order valence-corrected chi connectivity index (χ3v) is 3.91. The summed E-state index contributed by atoms with van der Waals surface area (Å²) in [7, 11) is 1.37. The zero-order valence-electron chi connectivity index (χ0n) is 10.4. The maximum Gasteiger partial charge on any atom is 0.316 e. The fourth-order valence-corrected chi connectivity index (χ4v) is 2.72. The van der Waals surface area contributed by atoms with Crippen LogP contribution in [0.15, 0.2) is 23.4 Å². The van der Waals surface area contributed by atoms with Crippen LogP contribution in [0.4, 0.5) is 0 Å². The van der Waals surface area contributed by atoms with Crippen LogP contribution in [0.25, 0.3) is 0 Å². The van der Waals surface area contributed by atoms with Gasteiger partial charge in [0.1, 0.15) is 5.41 Å². The van der Waals surface area contributed by atoms with Crippen molar-refractivity contribution in [3.05, 3.63) is 23.4 Å². The van der Waals surface area contributed by atoms with Crippen LogP contribution in [0.5, 0.6) is 0 Å². The van der Waals surface area contributed by atoms with E-state index in [1.54, 1.807) is 12.3 Å². The molecule has 2 aliphatic rings. The Labute approximate surface area is 101 Å². The number of hydrogen-bond acceptors (Lipinski definition) is 3. The number of ether oxygens (including phenoxy) is 1. The van der Waals surface area contributed by atoms with Gasteiger partial charge < -0.3 is 10.1 Å². The van der Waals surface area contributed by atoms with Crippen molar-refractivity contribution in [1.82, 2.24) is 5.32 Å². The number of nitrogens with one attached hydrogen (secondary N) is 1. The summed E-state index contributed by atoms with van der Waals surface area (Å²) in [6, 6.07) is 0. The molecule has 1 amide bonds. The Hall–Kier alpha value is -1.58. The average Bonchev–Trinajstić information content (AvgIpc) is 2.31. The second-order valence-corrected chi connectivity index (χ2v) is 4.87. The fraction of sp³-hybridized carbons (Fsp3) is 0.538. The third-order valence-electron chi connectivity index (χ3n) is 3.91. The van der Waals surface area contributed by atoms with Crippen molar-refractivity contribution in [3.63, 3.8) is 0 Å². The summed E-state index contributed by atoms with van der Waals surface area (Å²) < 4.78 is 4.89. The van der Waals surface area contributed by atoms with Gasteiger partial charge >= 0.3 is 5.97 Å². The molecule has 17 heavy (non-hydrogen) atoms. The maximum atomic E-state index is 12.0. The summed E-state index contributed by atoms with van der Waals surface area (Å²) in [4.78, 5) is 24.0. The van der Waals surface area contributed by atoms with E-state index < -0.39 is 5.41 Å². The maximum absolute atomic E-state index is 12.0. The van der Waals surface area contributed by atoms with Crippen molar-refractivity contribution < 1.29 is 14.3 Å². The quantitative estimate of drug-likeness (QED) is 0.554. The highest BCUT2D eigenvalue weighted by Gasteiger charge is 2.51. The van der Waals surface area contributed by atoms with E-state index in [0.29, 0.717) is 12.8 Å². The molecule has 2 rings (SSSR count). The molecule has 1 aliphatic heterocycles. The first-order chi connectivity index (χ1) is 8.01. The smallest absolute Gasteiger partial charge is 0.316 e. The SMILES string of the molecule is COC(=O)[C@@]12C=CNC(=O)[C@H]1CC(C)=C(C)C2. The minimum Gasteiger partial charge on any atom is -0.468 e. The molecule has 2 atom stereocenters. The van der Waals surface area contributed by atoms with Gasteiger partial charge in [0.2, 0.25) is 5.91 Å². The highest BCUT2D eigenvalue weighted by molar-refractivity contribution is 5.92. The van der Waals surface area contributed by atoms with Gasteiger partial charge in [-0.25, -0.2) is 0 Å². The van der Waals surface area contributed by atoms with E-state index in [9.17, 15) is 9.59 Å². The van der Waals surface area contributed by atoms with Crippen LogP contribution in [-0.4, -0.2) is 19.0 Å². The predicted molar refractivity (Wildman–Crippen MR) is 62.8 cm³/mol. The van der Waals surface area contributed by atoms with Gasteiger partial charge in [0.15, 0.2) is 0 Å². The molecule has 0 saturated heterocycles. The summed E-state index contributed by atoms with van der Waals surface area (Å²) >= 11 is 0. The molecule has 1 heterocycles. The molecule has 0 aromatic rings. The Morgan fingerprint density at radius 1 is 1.47 bits per heavy atom. The van der Waals surface area contributed by atoms with Gasteiger partial charge in [0.25, 0.3) is 0 Å². The van der Waals surface area contributed by atoms with E-state index in [0.717, 1.165) is 0 Å². The zero-order chi connectivity index (χ0) is 12.6. The van der Waals surface area contributed by atoms with Crippen LogP contribution in [0.3, 0.4) is 0 Å². The van der Waals surface area contributed by atoms with Gasteiger partial charge in [-0.15, -0.1) is 0 Å². The fourth-order valence-electron chi connectivity index (χ4n) is 2.72. The second-order valence-electron chi connectivity index (χ2n) is 4.87. The van der Waals surface area contributed by atoms with Crippen molar-refractivity contribution in [1.29, 1.82) is 0 Å². The molecular formula is C13H17NO3. The number of amides is 1. The predicted octanol–water partition coefficient (Wildman–Crippen LogP) is 1.54. The van der Waals surface area contributed by atoms with E-state index in [1.165, 1.54) is 18.3 Å². The highest BCUT2D eigenvalue weighted by Crippen LogP contribution is 2.47. The lowest BCUT2D eigenvalue weighted by molar-refractivity contribution is -0.157. The van der Waals surface area contributed by atoms with E-state index in [1.807, 2.05) is 13.8 Å². The molecule has 4 heteroatoms. The highest BCUT2D eigenvalue weighted by atomic mass is 16.5. The molecular weight excluding hydrogens is 218 g/mol. The average molecular weight is 235 g/mol. The Kier molecular flexibility index (Phi) is 2.81. The molecule has 0 aromatic carbocycles. The number of methoxy groups -OCH3 is 1. The molecule has 0 fully saturated rings. The van der Waals surface area contributed by atoms with Crippen LogP contribution < -0.4 is 5.32 Å². The lowest BCUT2D eigenvalue weighted by Crippen LogP contribution is -2.50. The molecule has 0 spiro atoms. The van der Waals surface area contributed by atoms with Crippen LogP contribution in [0, 0.1) is 11.3 Å². The number of rotatable bonds is 1. The number of carbonyl (C=O) groups excluding carboxylic acids is 2. The van der Waals surface area contributed by atoms with E-state index in [2.05, 4.69) is 5.32 Å². The molecule has 0 saturated carbocycles. The van der Waals surface area contributed by atoms with Gasteiger partial charge in [-0.2, -0.15) is 0 Å². The molecule has 0 unspecified atom stereocenters. The lowest BCUT2D eigenvalue weighted by Gasteiger charge is -2.41. The van der Waals surface area contributed by atoms with E-state index in [4.69, 9.17) is 4.74 Å². The van der Waals surface area contributed by atoms with Crippen LogP contribution in [0.2, 0.25) is 0 Å². The molecule has 4 nitrogen and oxygen atoms in total. The number of esters is 1. The van der Waals surface area contributed by atoms with Crippen molar-refractivity contribution in [3.8, 4) is 0 Å². The van der Waals surface area contributed by atoms with Gasteiger partial charge in [-0.1, -0.05) is 11.1 Å². The van der Waals surface area contributed by atoms with Crippen LogP contribution in [-0.2, 0) is 14.3 Å². The largest absolute Gasteiger partial charge is 0.468 e. The lowest BCUT2D eigenvalue weighted by atomic mass is 9.63. The molecule has 1 N–H and O–H groups in total. The Bertz CT molecular complexity index is 436. The number of carbonyl (C=O) groups is 2. The molecule has 0 aromatic heterocycles. The Morgan fingerprint density at radius 3 is 2.82 bits per heavy atom. The molecule has 92 valence electrons. The first-order valence-corrected chi connectivity index (χ1v) is 5.73. The van der Waals surface area contributed by atoms with Crippen molar-refractivity contribution in [2.75, 3.05) is 7.11 Å². The third kappa shape index (κ3) is 1.68. The summed E-state index contributed by atoms with van der Waals surface area (Å²) in [6.45, 7) is 4.03. The normalized spacial score (nSPS) is 31.9. The van der Waals surface area contributed by atoms with Gasteiger partial charge in [-0.3, -0.25) is 9.59 Å². The van der Waals surface area contributed by atoms with Gasteiger partial charge in [-0.05, 0) is 32.8 Å². The summed E-state index contributed by atoms with van der Waals surface area (Å²) in [6.07, 6.45) is 4.53.